The molecule has 0 aliphatic heterocycles. The number of rotatable bonds is 10. The van der Waals surface area contributed by atoms with Crippen molar-refractivity contribution < 1.29 is 79.7 Å². The van der Waals surface area contributed by atoms with Crippen LogP contribution >= 0.6 is 0 Å². The summed E-state index contributed by atoms with van der Waals surface area (Å²) in [4.78, 5) is 0. The van der Waals surface area contributed by atoms with Crippen molar-refractivity contribution >= 4 is 0 Å². The lowest BCUT2D eigenvalue weighted by molar-refractivity contribution is -0.461. The second kappa shape index (κ2) is 8.83. The van der Waals surface area contributed by atoms with Crippen molar-refractivity contribution in [1.82, 2.24) is 0 Å². The lowest BCUT2D eigenvalue weighted by atomic mass is 9.87. The molecule has 0 heterocycles. The molecule has 1 aromatic rings. The zero-order valence-electron chi connectivity index (χ0n) is 16.3. The minimum Gasteiger partial charge on any atom is -0.392 e. The van der Waals surface area contributed by atoms with E-state index in [1.54, 1.807) is 0 Å². The molecule has 0 atom stereocenters. The summed E-state index contributed by atoms with van der Waals surface area (Å²) in [5.74, 6) is -56.2. The van der Waals surface area contributed by atoms with Crippen LogP contribution in [0.5, 0.6) is 0 Å². The number of aliphatic hydroxyl groups excluding tert-OH is 1. The maximum Gasteiger partial charge on any atom is 0.460 e. The monoisotopic (exact) mass is 554 g/mol. The van der Waals surface area contributed by atoms with Gasteiger partial charge in [0.05, 0.1) is 6.61 Å². The largest absolute Gasteiger partial charge is 0.460 e. The number of halogens is 17. The Morgan fingerprint density at radius 3 is 1.11 bits per heavy atom. The molecule has 0 amide bonds. The third-order valence-electron chi connectivity index (χ3n) is 4.72. The minimum atomic E-state index is -8.62. The van der Waals surface area contributed by atoms with Crippen LogP contribution in [0, 0.1) is 0 Å². The molecule has 1 N–H and O–H groups in total. The maximum atomic E-state index is 13.8. The summed E-state index contributed by atoms with van der Waals surface area (Å²) < 4.78 is 224. The molecule has 204 valence electrons. The Balaban J connectivity index is 3.42. The van der Waals surface area contributed by atoms with E-state index in [9.17, 15) is 74.6 Å². The summed E-state index contributed by atoms with van der Waals surface area (Å²) in [5.41, 5.74) is -0.245. The molecule has 1 nitrogen and oxygen atoms in total. The van der Waals surface area contributed by atoms with Crippen LogP contribution in [0.3, 0.4) is 0 Å². The van der Waals surface area contributed by atoms with Gasteiger partial charge in [0.1, 0.15) is 0 Å². The van der Waals surface area contributed by atoms with Gasteiger partial charge in [0.25, 0.3) is 0 Å². The van der Waals surface area contributed by atoms with Crippen molar-refractivity contribution in [2.75, 3.05) is 0 Å². The third kappa shape index (κ3) is 4.61. The van der Waals surface area contributed by atoms with Gasteiger partial charge in [-0.2, -0.15) is 74.6 Å². The number of benzene rings is 1. The number of aliphatic hydroxyl groups is 1. The average Bonchev–Trinajstić information content (AvgIpc) is 2.70. The van der Waals surface area contributed by atoms with E-state index in [0.29, 0.717) is 0 Å². The van der Waals surface area contributed by atoms with E-state index in [4.69, 9.17) is 5.11 Å². The molecule has 1 aromatic carbocycles. The Morgan fingerprint density at radius 1 is 0.457 bits per heavy atom. The number of hydrogen-bond acceptors (Lipinski definition) is 1. The van der Waals surface area contributed by atoms with Gasteiger partial charge in [0.15, 0.2) is 0 Å². The van der Waals surface area contributed by atoms with E-state index < -0.39 is 67.1 Å². The first-order valence-corrected chi connectivity index (χ1v) is 8.66. The third-order valence-corrected chi connectivity index (χ3v) is 4.72. The van der Waals surface area contributed by atoms with Crippen LogP contribution in [0.15, 0.2) is 24.3 Å². The number of aryl methyl sites for hydroxylation is 1. The molecule has 0 aromatic heterocycles. The van der Waals surface area contributed by atoms with Gasteiger partial charge in [0.2, 0.25) is 0 Å². The Hall–Kier alpha value is -2.01. The highest BCUT2D eigenvalue weighted by molar-refractivity contribution is 5.22. The zero-order chi connectivity index (χ0) is 28.1. The van der Waals surface area contributed by atoms with Crippen molar-refractivity contribution in [3.05, 3.63) is 35.4 Å². The number of alkyl halides is 17. The molecule has 0 fully saturated rings. The molecule has 35 heavy (non-hydrogen) atoms. The van der Waals surface area contributed by atoms with E-state index >= 15 is 0 Å². The molecule has 0 radical (unpaired) electrons. The summed E-state index contributed by atoms with van der Waals surface area (Å²) in [7, 11) is 0. The molecule has 18 heteroatoms. The Kier molecular flexibility index (Phi) is 7.82. The molecule has 0 saturated heterocycles. The summed E-state index contributed by atoms with van der Waals surface area (Å²) in [6, 6.07) is 3.75. The summed E-state index contributed by atoms with van der Waals surface area (Å²) in [5, 5.41) is 8.78. The lowest BCUT2D eigenvalue weighted by Crippen LogP contribution is -2.74. The topological polar surface area (TPSA) is 20.2 Å². The standard InChI is InChI=1S/C17H11F17O/c18-10(19,6-5-8-1-3-9(7-35)4-2-8)11(20,21)12(22,23)13(24,25)14(26,27)15(28,29)16(30,31)17(32,33)34/h1-4,35H,5-7H2. The second-order valence-electron chi connectivity index (χ2n) is 7.12. The summed E-state index contributed by atoms with van der Waals surface area (Å²) in [6.07, 6.45) is -11.7. The van der Waals surface area contributed by atoms with Gasteiger partial charge in [-0.05, 0) is 17.5 Å². The summed E-state index contributed by atoms with van der Waals surface area (Å²) in [6.45, 7) is -0.595. The van der Waals surface area contributed by atoms with Crippen molar-refractivity contribution in [1.29, 1.82) is 0 Å². The van der Waals surface area contributed by atoms with Gasteiger partial charge in [-0.1, -0.05) is 24.3 Å². The first kappa shape index (κ1) is 31.0. The molecular weight excluding hydrogens is 543 g/mol. The highest BCUT2D eigenvalue weighted by atomic mass is 19.4. The Morgan fingerprint density at radius 2 is 0.771 bits per heavy atom. The lowest BCUT2D eigenvalue weighted by Gasteiger charge is -2.42. The first-order chi connectivity index (χ1) is 15.3. The Bertz CT molecular complexity index is 870. The predicted molar refractivity (Wildman–Crippen MR) is 81.4 cm³/mol. The molecule has 0 aliphatic rings. The van der Waals surface area contributed by atoms with E-state index in [0.717, 1.165) is 24.3 Å². The van der Waals surface area contributed by atoms with Crippen LogP contribution in [-0.2, 0) is 13.0 Å². The molecular formula is C17H11F17O. The van der Waals surface area contributed by atoms with Gasteiger partial charge < -0.3 is 5.11 Å². The molecule has 0 saturated carbocycles. The van der Waals surface area contributed by atoms with Crippen LogP contribution in [0.1, 0.15) is 17.5 Å². The van der Waals surface area contributed by atoms with Gasteiger partial charge in [-0.3, -0.25) is 0 Å². The fraction of sp³-hybridized carbons (Fsp3) is 0.647. The van der Waals surface area contributed by atoms with Crippen molar-refractivity contribution in [3.8, 4) is 0 Å². The van der Waals surface area contributed by atoms with Crippen molar-refractivity contribution in [2.24, 2.45) is 0 Å². The second-order valence-corrected chi connectivity index (χ2v) is 7.12. The van der Waals surface area contributed by atoms with Gasteiger partial charge in [-0.25, -0.2) is 0 Å². The van der Waals surface area contributed by atoms with Crippen LogP contribution in [0.2, 0.25) is 0 Å². The van der Waals surface area contributed by atoms with Crippen molar-refractivity contribution in [2.45, 2.75) is 67.1 Å². The van der Waals surface area contributed by atoms with Gasteiger partial charge in [-0.15, -0.1) is 0 Å². The fourth-order valence-corrected chi connectivity index (χ4v) is 2.47. The average molecular weight is 554 g/mol. The van der Waals surface area contributed by atoms with Crippen LogP contribution < -0.4 is 0 Å². The molecule has 1 rings (SSSR count). The molecule has 0 unspecified atom stereocenters. The molecule has 0 spiro atoms. The van der Waals surface area contributed by atoms with Crippen LogP contribution in [0.25, 0.3) is 0 Å². The Labute approximate surface area is 183 Å². The fourth-order valence-electron chi connectivity index (χ4n) is 2.47. The van der Waals surface area contributed by atoms with Gasteiger partial charge in [0, 0.05) is 6.42 Å². The minimum absolute atomic E-state index is 0.135. The first-order valence-electron chi connectivity index (χ1n) is 8.66. The highest BCUT2D eigenvalue weighted by Crippen LogP contribution is 2.64. The van der Waals surface area contributed by atoms with E-state index in [1.165, 1.54) is 0 Å². The predicted octanol–water partition coefficient (Wildman–Crippen LogP) is 7.12. The SMILES string of the molecule is OCc1ccc(CCC(F)(F)C(F)(F)C(F)(F)C(F)(F)C(F)(F)C(F)(F)C(F)(F)C(F)(F)F)cc1. The highest BCUT2D eigenvalue weighted by Gasteiger charge is 2.95. The number of hydrogen-bond donors (Lipinski definition) is 1. The summed E-state index contributed by atoms with van der Waals surface area (Å²) >= 11 is 0. The molecule has 0 bridgehead atoms. The zero-order valence-corrected chi connectivity index (χ0v) is 16.3. The van der Waals surface area contributed by atoms with E-state index in [1.807, 2.05) is 0 Å². The van der Waals surface area contributed by atoms with Crippen LogP contribution in [-0.4, -0.2) is 52.7 Å². The quantitative estimate of drug-likeness (QED) is 0.306. The van der Waals surface area contributed by atoms with Crippen LogP contribution in [0.4, 0.5) is 74.6 Å². The van der Waals surface area contributed by atoms with Gasteiger partial charge >= 0.3 is 47.6 Å². The normalized spacial score (nSPS) is 15.5. The molecule has 0 aliphatic carbocycles. The van der Waals surface area contributed by atoms with E-state index in [-0.39, 0.29) is 11.1 Å². The van der Waals surface area contributed by atoms with Crippen molar-refractivity contribution in [3.63, 3.8) is 0 Å². The smallest absolute Gasteiger partial charge is 0.392 e. The maximum absolute atomic E-state index is 13.8. The van der Waals surface area contributed by atoms with E-state index in [2.05, 4.69) is 0 Å².